The van der Waals surface area contributed by atoms with Crippen LogP contribution in [-0.4, -0.2) is 53.7 Å². The number of sulfonamides is 1. The van der Waals surface area contributed by atoms with Crippen molar-refractivity contribution in [1.82, 2.24) is 15.1 Å². The van der Waals surface area contributed by atoms with Crippen LogP contribution < -0.4 is 26.8 Å². The number of carbonyl (C=O) groups excluding carboxylic acids is 1. The SMILES string of the molecule is Cc1nn(-c2ccccc2)c(Cl)c1CNc1cccc(S(=O)(=O)Nc2ccsc2C(=O)N[C@@H](CCCN=C(N)N)C(=O)O)c1. The van der Waals surface area contributed by atoms with Gasteiger partial charge in [-0.15, -0.1) is 11.3 Å². The third-order valence-corrected chi connectivity index (χ3v) is 9.07. The quantitative estimate of drug-likeness (QED) is 0.0664. The van der Waals surface area contributed by atoms with Gasteiger partial charge in [-0.3, -0.25) is 14.5 Å². The van der Waals surface area contributed by atoms with Gasteiger partial charge in [0, 0.05) is 24.3 Å². The van der Waals surface area contributed by atoms with E-state index in [1.54, 1.807) is 16.8 Å². The number of guanidine groups is 1. The molecule has 4 rings (SSSR count). The molecular formula is C28H31ClN8O5S2. The summed E-state index contributed by atoms with van der Waals surface area (Å²) >= 11 is 7.59. The van der Waals surface area contributed by atoms with Gasteiger partial charge in [-0.1, -0.05) is 35.9 Å². The molecule has 0 fully saturated rings. The van der Waals surface area contributed by atoms with Gasteiger partial charge in [0.1, 0.15) is 16.1 Å². The summed E-state index contributed by atoms with van der Waals surface area (Å²) in [6.07, 6.45) is 0.381. The van der Waals surface area contributed by atoms with E-state index in [1.165, 1.54) is 23.6 Å². The molecule has 232 valence electrons. The number of aryl methyl sites for hydroxylation is 1. The van der Waals surface area contributed by atoms with Crippen LogP contribution in [0.1, 0.15) is 33.8 Å². The Hall–Kier alpha value is -4.60. The van der Waals surface area contributed by atoms with Crippen LogP contribution in [-0.2, 0) is 21.4 Å². The Kier molecular flexibility index (Phi) is 10.5. The summed E-state index contributed by atoms with van der Waals surface area (Å²) in [5, 5.41) is 21.7. The number of halogens is 1. The number of hydrogen-bond donors (Lipinski definition) is 6. The third-order valence-electron chi connectivity index (χ3n) is 6.40. The molecule has 16 heteroatoms. The molecule has 2 aromatic carbocycles. The summed E-state index contributed by atoms with van der Waals surface area (Å²) in [7, 11) is -4.12. The molecule has 13 nitrogen and oxygen atoms in total. The number of nitrogens with one attached hydrogen (secondary N) is 3. The summed E-state index contributed by atoms with van der Waals surface area (Å²) < 4.78 is 30.7. The Bertz CT molecular complexity index is 1770. The number of nitrogens with zero attached hydrogens (tertiary/aromatic N) is 3. The van der Waals surface area contributed by atoms with Gasteiger partial charge in [0.25, 0.3) is 15.9 Å². The molecule has 0 saturated carbocycles. The summed E-state index contributed by atoms with van der Waals surface area (Å²) in [4.78, 5) is 28.4. The van der Waals surface area contributed by atoms with Gasteiger partial charge in [0.15, 0.2) is 5.96 Å². The lowest BCUT2D eigenvalue weighted by Gasteiger charge is -2.15. The van der Waals surface area contributed by atoms with Gasteiger partial charge < -0.3 is 27.2 Å². The summed E-state index contributed by atoms with van der Waals surface area (Å²) in [5.41, 5.74) is 13.4. The molecule has 0 aliphatic carbocycles. The number of nitrogens with two attached hydrogens (primary N) is 2. The number of carbonyl (C=O) groups is 2. The molecule has 0 bridgehead atoms. The number of aromatic nitrogens is 2. The predicted octanol–water partition coefficient (Wildman–Crippen LogP) is 3.55. The molecule has 0 aliphatic rings. The lowest BCUT2D eigenvalue weighted by molar-refractivity contribution is -0.139. The predicted molar refractivity (Wildman–Crippen MR) is 171 cm³/mol. The van der Waals surface area contributed by atoms with Gasteiger partial charge in [-0.05, 0) is 61.5 Å². The van der Waals surface area contributed by atoms with Crippen LogP contribution in [0.4, 0.5) is 11.4 Å². The zero-order valence-electron chi connectivity index (χ0n) is 23.5. The average molecular weight is 659 g/mol. The molecule has 0 unspecified atom stereocenters. The first kappa shape index (κ1) is 32.3. The zero-order chi connectivity index (χ0) is 31.9. The van der Waals surface area contributed by atoms with Crippen molar-refractivity contribution in [2.24, 2.45) is 16.5 Å². The second-order valence-corrected chi connectivity index (χ2v) is 12.5. The molecule has 8 N–H and O–H groups in total. The van der Waals surface area contributed by atoms with E-state index in [2.05, 4.69) is 25.4 Å². The first-order valence-electron chi connectivity index (χ1n) is 13.3. The minimum Gasteiger partial charge on any atom is -0.480 e. The van der Waals surface area contributed by atoms with Gasteiger partial charge in [-0.2, -0.15) is 5.10 Å². The van der Waals surface area contributed by atoms with E-state index < -0.39 is 27.9 Å². The molecule has 44 heavy (non-hydrogen) atoms. The summed E-state index contributed by atoms with van der Waals surface area (Å²) in [6, 6.07) is 15.8. The number of para-hydroxylation sites is 1. The maximum absolute atomic E-state index is 13.3. The second kappa shape index (κ2) is 14.2. The molecule has 4 aromatic rings. The number of aliphatic imine (C=N–C) groups is 1. The van der Waals surface area contributed by atoms with Gasteiger partial charge in [0.05, 0.1) is 22.0 Å². The molecule has 0 saturated heterocycles. The van der Waals surface area contributed by atoms with Crippen LogP contribution in [0.25, 0.3) is 5.69 Å². The lowest BCUT2D eigenvalue weighted by Crippen LogP contribution is -2.40. The molecule has 0 aliphatic heterocycles. The Morgan fingerprint density at radius 2 is 1.89 bits per heavy atom. The number of carboxylic acid groups (broad SMARTS) is 1. The Morgan fingerprint density at radius 3 is 2.59 bits per heavy atom. The molecule has 1 amide bonds. The van der Waals surface area contributed by atoms with E-state index in [1.807, 2.05) is 37.3 Å². The molecule has 0 radical (unpaired) electrons. The van der Waals surface area contributed by atoms with Crippen molar-refractivity contribution in [3.05, 3.63) is 87.3 Å². The Balaban J connectivity index is 1.44. The largest absolute Gasteiger partial charge is 0.480 e. The molecule has 2 aromatic heterocycles. The van der Waals surface area contributed by atoms with Crippen molar-refractivity contribution >= 4 is 62.2 Å². The number of benzene rings is 2. The standard InChI is InChI=1S/C28H31ClN8O5S2/c1-17-21(25(29)37(35-17)19-8-3-2-4-9-19)16-33-18-7-5-10-20(15-18)44(41,42)36-22-12-14-43-24(22)26(38)34-23(27(39)40)11-6-13-32-28(30)31/h2-5,7-10,12,14-15,23,33,36H,6,11,13,16H2,1H3,(H,34,38)(H,39,40)(H4,30,31,32)/t23-/m0/s1. The monoisotopic (exact) mass is 658 g/mol. The maximum Gasteiger partial charge on any atom is 0.326 e. The van der Waals surface area contributed by atoms with Crippen LogP contribution in [0.5, 0.6) is 0 Å². The topological polar surface area (TPSA) is 207 Å². The van der Waals surface area contributed by atoms with Crippen LogP contribution in [0.15, 0.2) is 75.9 Å². The normalized spacial score (nSPS) is 11.9. The summed E-state index contributed by atoms with van der Waals surface area (Å²) in [6.45, 7) is 2.33. The van der Waals surface area contributed by atoms with E-state index in [0.717, 1.165) is 28.3 Å². The van der Waals surface area contributed by atoms with Crippen molar-refractivity contribution in [1.29, 1.82) is 0 Å². The van der Waals surface area contributed by atoms with Gasteiger partial charge >= 0.3 is 5.97 Å². The summed E-state index contributed by atoms with van der Waals surface area (Å²) in [5.74, 6) is -2.09. The fraction of sp³-hybridized carbons (Fsp3) is 0.214. The van der Waals surface area contributed by atoms with E-state index in [0.29, 0.717) is 23.8 Å². The van der Waals surface area contributed by atoms with Crippen molar-refractivity contribution in [3.63, 3.8) is 0 Å². The first-order valence-corrected chi connectivity index (χ1v) is 16.0. The number of carboxylic acids is 1. The highest BCUT2D eigenvalue weighted by atomic mass is 35.5. The highest BCUT2D eigenvalue weighted by molar-refractivity contribution is 7.92. The number of thiophene rings is 1. The van der Waals surface area contributed by atoms with Crippen LogP contribution >= 0.6 is 22.9 Å². The number of anilines is 2. The van der Waals surface area contributed by atoms with Crippen molar-refractivity contribution in [3.8, 4) is 5.69 Å². The van der Waals surface area contributed by atoms with E-state index in [-0.39, 0.29) is 34.4 Å². The molecule has 0 spiro atoms. The van der Waals surface area contributed by atoms with Gasteiger partial charge in [-0.25, -0.2) is 17.9 Å². The number of amides is 1. The Morgan fingerprint density at radius 1 is 1.14 bits per heavy atom. The lowest BCUT2D eigenvalue weighted by atomic mass is 10.1. The first-order chi connectivity index (χ1) is 21.0. The van der Waals surface area contributed by atoms with Crippen molar-refractivity contribution in [2.75, 3.05) is 16.6 Å². The van der Waals surface area contributed by atoms with E-state index in [4.69, 9.17) is 23.1 Å². The fourth-order valence-electron chi connectivity index (χ4n) is 4.19. The van der Waals surface area contributed by atoms with Crippen molar-refractivity contribution in [2.45, 2.75) is 37.2 Å². The number of aliphatic carboxylic acids is 1. The molecule has 2 heterocycles. The maximum atomic E-state index is 13.3. The van der Waals surface area contributed by atoms with Crippen LogP contribution in [0.3, 0.4) is 0 Å². The van der Waals surface area contributed by atoms with Crippen molar-refractivity contribution < 1.29 is 23.1 Å². The minimum atomic E-state index is -4.12. The third kappa shape index (κ3) is 8.06. The smallest absolute Gasteiger partial charge is 0.326 e. The fourth-order valence-corrected chi connectivity index (χ4v) is 6.46. The van der Waals surface area contributed by atoms with Crippen LogP contribution in [0.2, 0.25) is 5.15 Å². The zero-order valence-corrected chi connectivity index (χ0v) is 25.9. The minimum absolute atomic E-state index is 0.0128. The van der Waals surface area contributed by atoms with Crippen LogP contribution in [0, 0.1) is 6.92 Å². The Labute approximate surface area is 263 Å². The molecule has 1 atom stereocenters. The van der Waals surface area contributed by atoms with Gasteiger partial charge in [0.2, 0.25) is 0 Å². The van der Waals surface area contributed by atoms with E-state index >= 15 is 0 Å². The average Bonchev–Trinajstić information content (AvgIpc) is 3.56. The second-order valence-electron chi connectivity index (χ2n) is 9.57. The molecular weight excluding hydrogens is 628 g/mol. The van der Waals surface area contributed by atoms with E-state index in [9.17, 15) is 23.1 Å². The number of hydrogen-bond acceptors (Lipinski definition) is 8. The highest BCUT2D eigenvalue weighted by Crippen LogP contribution is 2.28. The number of rotatable bonds is 14. The highest BCUT2D eigenvalue weighted by Gasteiger charge is 2.25.